The highest BCUT2D eigenvalue weighted by molar-refractivity contribution is 5.77. The van der Waals surface area contributed by atoms with Crippen molar-refractivity contribution < 1.29 is 9.53 Å². The molecule has 0 heterocycles. The summed E-state index contributed by atoms with van der Waals surface area (Å²) in [5.41, 5.74) is 1.05. The van der Waals surface area contributed by atoms with Gasteiger partial charge in [0.1, 0.15) is 5.75 Å². The Kier molecular flexibility index (Phi) is 7.78. The highest BCUT2D eigenvalue weighted by atomic mass is 16.5. The summed E-state index contributed by atoms with van der Waals surface area (Å²) in [6.07, 6.45) is 4.74. The Morgan fingerprint density at radius 1 is 1.30 bits per heavy atom. The first-order chi connectivity index (χ1) is 9.67. The molecule has 0 aromatic heterocycles. The van der Waals surface area contributed by atoms with E-state index in [0.717, 1.165) is 24.3 Å². The van der Waals surface area contributed by atoms with Crippen molar-refractivity contribution in [1.82, 2.24) is 5.32 Å². The van der Waals surface area contributed by atoms with Crippen molar-refractivity contribution in [3.8, 4) is 5.75 Å². The van der Waals surface area contributed by atoms with Crippen molar-refractivity contribution in [3.05, 3.63) is 29.8 Å². The van der Waals surface area contributed by atoms with Gasteiger partial charge in [0.05, 0.1) is 0 Å². The highest BCUT2D eigenvalue weighted by Crippen LogP contribution is 2.16. The van der Waals surface area contributed by atoms with E-state index >= 15 is 0 Å². The van der Waals surface area contributed by atoms with Gasteiger partial charge < -0.3 is 10.1 Å². The number of hydrogen-bond acceptors (Lipinski definition) is 2. The molecule has 0 radical (unpaired) electrons. The van der Waals surface area contributed by atoms with Gasteiger partial charge in [-0.2, -0.15) is 0 Å². The van der Waals surface area contributed by atoms with Gasteiger partial charge in [-0.05, 0) is 30.9 Å². The van der Waals surface area contributed by atoms with Crippen molar-refractivity contribution in [2.45, 2.75) is 46.5 Å². The van der Waals surface area contributed by atoms with Crippen LogP contribution in [0.1, 0.15) is 45.1 Å². The number of hydrogen-bond donors (Lipinski definition) is 1. The Balaban J connectivity index is 2.28. The van der Waals surface area contributed by atoms with E-state index in [-0.39, 0.29) is 12.5 Å². The maximum Gasteiger partial charge on any atom is 0.257 e. The number of benzene rings is 1. The molecule has 3 nitrogen and oxygen atoms in total. The number of carbonyl (C=O) groups excluding carboxylic acids is 1. The van der Waals surface area contributed by atoms with Crippen LogP contribution < -0.4 is 10.1 Å². The van der Waals surface area contributed by atoms with Gasteiger partial charge in [0.15, 0.2) is 6.61 Å². The zero-order valence-corrected chi connectivity index (χ0v) is 12.9. The van der Waals surface area contributed by atoms with E-state index in [4.69, 9.17) is 4.74 Å². The van der Waals surface area contributed by atoms with Crippen molar-refractivity contribution in [3.63, 3.8) is 0 Å². The Labute approximate surface area is 122 Å². The first-order valence-electron chi connectivity index (χ1n) is 7.62. The predicted octanol–water partition coefficient (Wildman–Crippen LogP) is 3.71. The van der Waals surface area contributed by atoms with Gasteiger partial charge in [-0.1, -0.05) is 51.3 Å². The van der Waals surface area contributed by atoms with E-state index in [2.05, 4.69) is 19.2 Å². The third-order valence-electron chi connectivity index (χ3n) is 3.58. The largest absolute Gasteiger partial charge is 0.484 e. The Morgan fingerprint density at radius 2 is 2.05 bits per heavy atom. The van der Waals surface area contributed by atoms with Gasteiger partial charge in [-0.25, -0.2) is 0 Å². The molecule has 1 aromatic carbocycles. The van der Waals surface area contributed by atoms with E-state index in [0.29, 0.717) is 5.92 Å². The molecule has 112 valence electrons. The maximum absolute atomic E-state index is 11.8. The van der Waals surface area contributed by atoms with Gasteiger partial charge in [0.2, 0.25) is 0 Å². The van der Waals surface area contributed by atoms with E-state index < -0.39 is 0 Å². The average molecular weight is 277 g/mol. The molecule has 1 N–H and O–H groups in total. The summed E-state index contributed by atoms with van der Waals surface area (Å²) in [7, 11) is 0. The fourth-order valence-electron chi connectivity index (χ4n) is 2.11. The zero-order chi connectivity index (χ0) is 14.8. The van der Waals surface area contributed by atoms with Gasteiger partial charge >= 0.3 is 0 Å². The number of ether oxygens (including phenoxy) is 1. The zero-order valence-electron chi connectivity index (χ0n) is 12.9. The highest BCUT2D eigenvalue weighted by Gasteiger charge is 2.09. The average Bonchev–Trinajstić information content (AvgIpc) is 2.46. The van der Waals surface area contributed by atoms with Crippen molar-refractivity contribution in [1.29, 1.82) is 0 Å². The maximum atomic E-state index is 11.8. The lowest BCUT2D eigenvalue weighted by Crippen LogP contribution is -2.33. The summed E-state index contributed by atoms with van der Waals surface area (Å²) in [6, 6.07) is 7.74. The van der Waals surface area contributed by atoms with Crippen LogP contribution in [-0.2, 0) is 4.79 Å². The van der Waals surface area contributed by atoms with Gasteiger partial charge in [0, 0.05) is 6.54 Å². The van der Waals surface area contributed by atoms with Crippen LogP contribution >= 0.6 is 0 Å². The van der Waals surface area contributed by atoms with Crippen LogP contribution in [0.25, 0.3) is 0 Å². The van der Waals surface area contributed by atoms with Crippen molar-refractivity contribution in [2.75, 3.05) is 13.2 Å². The number of nitrogens with one attached hydrogen (secondary N) is 1. The van der Waals surface area contributed by atoms with Crippen LogP contribution in [0.4, 0.5) is 0 Å². The predicted molar refractivity (Wildman–Crippen MR) is 83.0 cm³/mol. The minimum absolute atomic E-state index is 0.0387. The first kappa shape index (κ1) is 16.5. The second-order valence-electron chi connectivity index (χ2n) is 5.27. The van der Waals surface area contributed by atoms with Crippen LogP contribution in [0, 0.1) is 12.8 Å². The van der Waals surface area contributed by atoms with E-state index in [1.807, 2.05) is 31.2 Å². The van der Waals surface area contributed by atoms with Crippen LogP contribution in [-0.4, -0.2) is 19.1 Å². The lowest BCUT2D eigenvalue weighted by Gasteiger charge is -2.15. The summed E-state index contributed by atoms with van der Waals surface area (Å²) in [5, 5.41) is 2.97. The number of aryl methyl sites for hydroxylation is 1. The number of amides is 1. The van der Waals surface area contributed by atoms with Crippen LogP contribution in [0.3, 0.4) is 0 Å². The Hall–Kier alpha value is -1.51. The monoisotopic (exact) mass is 277 g/mol. The van der Waals surface area contributed by atoms with Gasteiger partial charge in [-0.15, -0.1) is 0 Å². The normalized spacial score (nSPS) is 11.9. The lowest BCUT2D eigenvalue weighted by molar-refractivity contribution is -0.123. The summed E-state index contributed by atoms with van der Waals surface area (Å²) in [4.78, 5) is 11.8. The smallest absolute Gasteiger partial charge is 0.257 e. The minimum Gasteiger partial charge on any atom is -0.484 e. The van der Waals surface area contributed by atoms with Crippen LogP contribution in [0.2, 0.25) is 0 Å². The van der Waals surface area contributed by atoms with Crippen LogP contribution in [0.5, 0.6) is 5.75 Å². The molecule has 0 unspecified atom stereocenters. The molecule has 3 heteroatoms. The summed E-state index contributed by atoms with van der Waals surface area (Å²) in [5.74, 6) is 1.32. The van der Waals surface area contributed by atoms with Crippen molar-refractivity contribution >= 4 is 5.91 Å². The summed E-state index contributed by atoms with van der Waals surface area (Å²) in [6.45, 7) is 7.20. The molecular formula is C17H27NO2. The third kappa shape index (κ3) is 6.09. The second kappa shape index (κ2) is 9.40. The molecule has 0 saturated heterocycles. The van der Waals surface area contributed by atoms with E-state index in [9.17, 15) is 4.79 Å². The van der Waals surface area contributed by atoms with Crippen LogP contribution in [0.15, 0.2) is 24.3 Å². The molecule has 1 aromatic rings. The topological polar surface area (TPSA) is 38.3 Å². The molecular weight excluding hydrogens is 250 g/mol. The molecule has 0 aliphatic carbocycles. The molecule has 0 fully saturated rings. The molecule has 0 spiro atoms. The Bertz CT molecular complexity index is 404. The lowest BCUT2D eigenvalue weighted by atomic mass is 9.99. The van der Waals surface area contributed by atoms with Gasteiger partial charge in [-0.3, -0.25) is 4.79 Å². The molecule has 0 aliphatic heterocycles. The summed E-state index contributed by atoms with van der Waals surface area (Å²) >= 11 is 0. The first-order valence-corrected chi connectivity index (χ1v) is 7.62. The molecule has 1 amide bonds. The molecule has 1 rings (SSSR count). The number of unbranched alkanes of at least 4 members (excludes halogenated alkanes) is 1. The standard InChI is InChI=1S/C17H27NO2/c1-4-6-10-15(5-2)12-18-17(19)13-20-16-11-8-7-9-14(16)3/h7-9,11,15H,4-6,10,12-13H2,1-3H3,(H,18,19)/t15-/m1/s1. The summed E-state index contributed by atoms with van der Waals surface area (Å²) < 4.78 is 5.53. The fraction of sp³-hybridized carbons (Fsp3) is 0.588. The van der Waals surface area contributed by atoms with E-state index in [1.54, 1.807) is 0 Å². The van der Waals surface area contributed by atoms with E-state index in [1.165, 1.54) is 19.3 Å². The molecule has 20 heavy (non-hydrogen) atoms. The Morgan fingerprint density at radius 3 is 2.70 bits per heavy atom. The molecule has 1 atom stereocenters. The van der Waals surface area contributed by atoms with Crippen molar-refractivity contribution in [2.24, 2.45) is 5.92 Å². The number of rotatable bonds is 9. The fourth-order valence-corrected chi connectivity index (χ4v) is 2.11. The SMILES string of the molecule is CCCC[C@@H](CC)CNC(=O)COc1ccccc1C. The third-order valence-corrected chi connectivity index (χ3v) is 3.58. The van der Waals surface area contributed by atoms with Gasteiger partial charge in [0.25, 0.3) is 5.91 Å². The second-order valence-corrected chi connectivity index (χ2v) is 5.27. The number of para-hydroxylation sites is 1. The number of carbonyl (C=O) groups is 1. The minimum atomic E-state index is -0.0387. The molecule has 0 saturated carbocycles. The quantitative estimate of drug-likeness (QED) is 0.747. The molecule has 0 bridgehead atoms. The molecule has 0 aliphatic rings.